The van der Waals surface area contributed by atoms with Gasteiger partial charge in [-0.2, -0.15) is 5.10 Å². The molecule has 106 valence electrons. The van der Waals surface area contributed by atoms with Gasteiger partial charge in [0.25, 0.3) is 0 Å². The molecule has 1 aliphatic heterocycles. The third kappa shape index (κ3) is 2.13. The first-order valence-electron chi connectivity index (χ1n) is 6.68. The fourth-order valence-electron chi connectivity index (χ4n) is 2.21. The Bertz CT molecular complexity index is 636. The van der Waals surface area contributed by atoms with Crippen molar-refractivity contribution in [3.8, 4) is 11.5 Å². The summed E-state index contributed by atoms with van der Waals surface area (Å²) in [6.45, 7) is 5.11. The molecule has 1 aliphatic rings. The number of benzene rings is 1. The number of hydrogen-bond donors (Lipinski definition) is 2. The van der Waals surface area contributed by atoms with Crippen LogP contribution in [0.15, 0.2) is 18.2 Å². The molecule has 6 nitrogen and oxygen atoms in total. The van der Waals surface area contributed by atoms with E-state index in [1.54, 1.807) is 0 Å². The van der Waals surface area contributed by atoms with Gasteiger partial charge in [-0.3, -0.25) is 0 Å². The van der Waals surface area contributed by atoms with Gasteiger partial charge >= 0.3 is 0 Å². The van der Waals surface area contributed by atoms with Gasteiger partial charge in [0.1, 0.15) is 0 Å². The summed E-state index contributed by atoms with van der Waals surface area (Å²) in [6, 6.07) is 5.72. The predicted molar refractivity (Wildman–Crippen MR) is 77.5 cm³/mol. The van der Waals surface area contributed by atoms with Crippen molar-refractivity contribution in [2.75, 3.05) is 17.8 Å². The molecule has 0 bridgehead atoms. The van der Waals surface area contributed by atoms with Crippen molar-refractivity contribution in [1.29, 1.82) is 0 Å². The largest absolute Gasteiger partial charge is 0.454 e. The Morgan fingerprint density at radius 2 is 2.15 bits per heavy atom. The van der Waals surface area contributed by atoms with Crippen LogP contribution in [-0.2, 0) is 6.54 Å². The molecule has 0 unspecified atom stereocenters. The minimum atomic E-state index is 0.272. The number of nitrogens with zero attached hydrogens (tertiary/aromatic N) is 2. The highest BCUT2D eigenvalue weighted by molar-refractivity contribution is 5.72. The molecule has 0 fully saturated rings. The van der Waals surface area contributed by atoms with Gasteiger partial charge in [0, 0.05) is 18.3 Å². The number of nitrogens with two attached hydrogens (primary N) is 1. The van der Waals surface area contributed by atoms with Crippen molar-refractivity contribution < 1.29 is 9.47 Å². The van der Waals surface area contributed by atoms with E-state index >= 15 is 0 Å². The topological polar surface area (TPSA) is 74.3 Å². The van der Waals surface area contributed by atoms with Gasteiger partial charge in [0.05, 0.1) is 11.4 Å². The number of nitrogens with one attached hydrogen (secondary N) is 1. The first kappa shape index (κ1) is 12.7. The summed E-state index contributed by atoms with van der Waals surface area (Å²) < 4.78 is 12.6. The lowest BCUT2D eigenvalue weighted by atomic mass is 10.2. The Labute approximate surface area is 117 Å². The van der Waals surface area contributed by atoms with Gasteiger partial charge in [0.2, 0.25) is 6.79 Å². The molecule has 3 rings (SSSR count). The lowest BCUT2D eigenvalue weighted by Crippen LogP contribution is -2.05. The maximum absolute atomic E-state index is 6.09. The van der Waals surface area contributed by atoms with Crippen molar-refractivity contribution in [2.45, 2.75) is 26.8 Å². The fourth-order valence-corrected chi connectivity index (χ4v) is 2.21. The van der Waals surface area contributed by atoms with E-state index < -0.39 is 0 Å². The van der Waals surface area contributed by atoms with Crippen LogP contribution in [-0.4, -0.2) is 16.6 Å². The molecule has 0 saturated heterocycles. The third-order valence-corrected chi connectivity index (χ3v) is 3.24. The summed E-state index contributed by atoms with van der Waals surface area (Å²) in [7, 11) is 0. The van der Waals surface area contributed by atoms with Crippen molar-refractivity contribution in [1.82, 2.24) is 9.78 Å². The third-order valence-electron chi connectivity index (χ3n) is 3.24. The average Bonchev–Trinajstić information content (AvgIpc) is 2.99. The number of nitrogen functional groups attached to an aromatic ring is 1. The summed E-state index contributed by atoms with van der Waals surface area (Å²) in [6.07, 6.45) is 0.996. The molecule has 0 radical (unpaired) electrons. The molecule has 0 atom stereocenters. The SMILES string of the molecule is CCCn1nc(C)c(N)c1Nc1ccc2c(c1)OCO2. The molecule has 0 saturated carbocycles. The van der Waals surface area contributed by atoms with E-state index in [1.165, 1.54) is 0 Å². The molecule has 1 aromatic carbocycles. The zero-order chi connectivity index (χ0) is 14.1. The van der Waals surface area contributed by atoms with E-state index in [0.717, 1.165) is 41.7 Å². The number of anilines is 3. The van der Waals surface area contributed by atoms with Crippen LogP contribution in [0.2, 0.25) is 0 Å². The summed E-state index contributed by atoms with van der Waals surface area (Å²) in [5, 5.41) is 7.76. The minimum absolute atomic E-state index is 0.272. The Morgan fingerprint density at radius 1 is 1.35 bits per heavy atom. The van der Waals surface area contributed by atoms with E-state index in [0.29, 0.717) is 5.69 Å². The van der Waals surface area contributed by atoms with Crippen molar-refractivity contribution >= 4 is 17.2 Å². The van der Waals surface area contributed by atoms with E-state index in [-0.39, 0.29) is 6.79 Å². The number of aromatic nitrogens is 2. The van der Waals surface area contributed by atoms with Crippen molar-refractivity contribution in [3.63, 3.8) is 0 Å². The summed E-state index contributed by atoms with van der Waals surface area (Å²) in [5.41, 5.74) is 8.51. The zero-order valence-corrected chi connectivity index (χ0v) is 11.6. The highest BCUT2D eigenvalue weighted by Crippen LogP contribution is 2.36. The fraction of sp³-hybridized carbons (Fsp3) is 0.357. The number of fused-ring (bicyclic) bond motifs is 1. The van der Waals surface area contributed by atoms with E-state index in [4.69, 9.17) is 15.2 Å². The van der Waals surface area contributed by atoms with Gasteiger partial charge in [-0.15, -0.1) is 0 Å². The second kappa shape index (κ2) is 4.96. The lowest BCUT2D eigenvalue weighted by Gasteiger charge is -2.10. The van der Waals surface area contributed by atoms with Crippen LogP contribution < -0.4 is 20.5 Å². The van der Waals surface area contributed by atoms with Crippen LogP contribution in [0.25, 0.3) is 0 Å². The highest BCUT2D eigenvalue weighted by Gasteiger charge is 2.16. The molecule has 6 heteroatoms. The van der Waals surface area contributed by atoms with Gasteiger partial charge in [-0.1, -0.05) is 6.92 Å². The molecule has 0 aliphatic carbocycles. The normalized spacial score (nSPS) is 12.7. The van der Waals surface area contributed by atoms with Crippen LogP contribution >= 0.6 is 0 Å². The molecule has 20 heavy (non-hydrogen) atoms. The van der Waals surface area contributed by atoms with Gasteiger partial charge in [0.15, 0.2) is 17.3 Å². The van der Waals surface area contributed by atoms with E-state index in [1.807, 2.05) is 29.8 Å². The first-order chi connectivity index (χ1) is 9.69. The van der Waals surface area contributed by atoms with Crippen LogP contribution in [0.1, 0.15) is 19.0 Å². The molecule has 2 heterocycles. The zero-order valence-electron chi connectivity index (χ0n) is 11.6. The van der Waals surface area contributed by atoms with Crippen molar-refractivity contribution in [3.05, 3.63) is 23.9 Å². The molecule has 0 amide bonds. The quantitative estimate of drug-likeness (QED) is 0.896. The number of hydrogen-bond acceptors (Lipinski definition) is 5. The van der Waals surface area contributed by atoms with Crippen LogP contribution in [0, 0.1) is 6.92 Å². The number of rotatable bonds is 4. The smallest absolute Gasteiger partial charge is 0.231 e. The van der Waals surface area contributed by atoms with Crippen molar-refractivity contribution in [2.24, 2.45) is 0 Å². The molecule has 3 N–H and O–H groups in total. The van der Waals surface area contributed by atoms with Gasteiger partial charge in [-0.25, -0.2) is 4.68 Å². The van der Waals surface area contributed by atoms with Crippen LogP contribution in [0.5, 0.6) is 11.5 Å². The summed E-state index contributed by atoms with van der Waals surface area (Å²) in [4.78, 5) is 0. The standard InChI is InChI=1S/C14H18N4O2/c1-3-6-18-14(13(15)9(2)17-18)16-10-4-5-11-12(7-10)20-8-19-11/h4-5,7,16H,3,6,8,15H2,1-2H3. The second-order valence-corrected chi connectivity index (χ2v) is 4.76. The molecule has 2 aromatic rings. The summed E-state index contributed by atoms with van der Waals surface area (Å²) >= 11 is 0. The highest BCUT2D eigenvalue weighted by atomic mass is 16.7. The predicted octanol–water partition coefficient (Wildman–Crippen LogP) is 2.66. The molecule has 1 aromatic heterocycles. The Morgan fingerprint density at radius 3 is 2.95 bits per heavy atom. The molecule has 0 spiro atoms. The van der Waals surface area contributed by atoms with Gasteiger partial charge in [-0.05, 0) is 25.5 Å². The second-order valence-electron chi connectivity index (χ2n) is 4.76. The molecular weight excluding hydrogens is 256 g/mol. The maximum Gasteiger partial charge on any atom is 0.231 e. The van der Waals surface area contributed by atoms with Crippen LogP contribution in [0.4, 0.5) is 17.2 Å². The Hall–Kier alpha value is -2.37. The average molecular weight is 274 g/mol. The lowest BCUT2D eigenvalue weighted by molar-refractivity contribution is 0.174. The Kier molecular flexibility index (Phi) is 3.14. The van der Waals surface area contributed by atoms with E-state index in [2.05, 4.69) is 17.3 Å². The molecular formula is C14H18N4O2. The van der Waals surface area contributed by atoms with E-state index in [9.17, 15) is 0 Å². The minimum Gasteiger partial charge on any atom is -0.454 e. The monoisotopic (exact) mass is 274 g/mol. The number of aryl methyl sites for hydroxylation is 2. The first-order valence-corrected chi connectivity index (χ1v) is 6.68. The van der Waals surface area contributed by atoms with Gasteiger partial charge < -0.3 is 20.5 Å². The summed E-state index contributed by atoms with van der Waals surface area (Å²) in [5.74, 6) is 2.33. The number of ether oxygens (including phenoxy) is 2. The maximum atomic E-state index is 6.09. The van der Waals surface area contributed by atoms with Crippen LogP contribution in [0.3, 0.4) is 0 Å². The Balaban J connectivity index is 1.91.